The third kappa shape index (κ3) is 5.60. The summed E-state index contributed by atoms with van der Waals surface area (Å²) in [5, 5.41) is 48.3. The number of nitro benzene ring substituents is 3. The van der Waals surface area contributed by atoms with Crippen LogP contribution in [0.1, 0.15) is 5.56 Å². The number of phenols is 1. The minimum atomic E-state index is -1.21. The lowest BCUT2D eigenvalue weighted by molar-refractivity contribution is -0.404. The van der Waals surface area contributed by atoms with Gasteiger partial charge in [0.05, 0.1) is 26.9 Å². The summed E-state index contributed by atoms with van der Waals surface area (Å²) >= 11 is 0. The summed E-state index contributed by atoms with van der Waals surface area (Å²) in [4.78, 5) is 29.6. The lowest BCUT2D eigenvalue weighted by atomic mass is 10.2. The first-order valence-corrected chi connectivity index (χ1v) is 8.86. The topological polar surface area (TPSA) is 177 Å². The first kappa shape index (κ1) is 23.4. The normalized spacial score (nSPS) is 9.78. The molecule has 0 bridgehead atoms. The molecule has 0 aromatic heterocycles. The Bertz CT molecular complexity index is 1120. The number of hydrogen-bond acceptors (Lipinski definition) is 8. The molecule has 12 nitrogen and oxygen atoms in total. The Kier molecular flexibility index (Phi) is 7.50. The van der Waals surface area contributed by atoms with E-state index in [2.05, 4.69) is 0 Å². The maximum atomic E-state index is 10.4. The Balaban J connectivity index is 0.000000227. The molecule has 0 amide bonds. The number of nitro groups is 3. The molecule has 3 aromatic carbocycles. The third-order valence-corrected chi connectivity index (χ3v) is 4.18. The highest BCUT2D eigenvalue weighted by molar-refractivity contribution is 6.07. The van der Waals surface area contributed by atoms with Crippen molar-refractivity contribution in [1.82, 2.24) is 0 Å². The van der Waals surface area contributed by atoms with Crippen molar-refractivity contribution in [3.8, 4) is 5.75 Å². The molecule has 12 heteroatoms. The van der Waals surface area contributed by atoms with Gasteiger partial charge in [0, 0.05) is 18.3 Å². The van der Waals surface area contributed by atoms with Gasteiger partial charge in [0.1, 0.15) is 5.84 Å². The minimum absolute atomic E-state index is 0.447. The van der Waals surface area contributed by atoms with Crippen molar-refractivity contribution >= 4 is 28.6 Å². The highest BCUT2D eigenvalue weighted by Crippen LogP contribution is 2.38. The van der Waals surface area contributed by atoms with Crippen LogP contribution in [0.25, 0.3) is 0 Å². The second-order valence-corrected chi connectivity index (χ2v) is 6.21. The maximum absolute atomic E-state index is 10.4. The predicted molar refractivity (Wildman–Crippen MR) is 116 cm³/mol. The van der Waals surface area contributed by atoms with Gasteiger partial charge in [-0.1, -0.05) is 48.5 Å². The van der Waals surface area contributed by atoms with Crippen LogP contribution in [0, 0.1) is 35.8 Å². The van der Waals surface area contributed by atoms with Crippen molar-refractivity contribution in [2.75, 3.05) is 11.9 Å². The van der Waals surface area contributed by atoms with E-state index in [4.69, 9.17) is 10.5 Å². The van der Waals surface area contributed by atoms with Gasteiger partial charge in [0.25, 0.3) is 11.4 Å². The highest BCUT2D eigenvalue weighted by Gasteiger charge is 2.30. The quantitative estimate of drug-likeness (QED) is 0.256. The van der Waals surface area contributed by atoms with E-state index < -0.39 is 37.6 Å². The molecule has 32 heavy (non-hydrogen) atoms. The van der Waals surface area contributed by atoms with Crippen LogP contribution in [-0.4, -0.2) is 32.8 Å². The number of amidine groups is 1. The summed E-state index contributed by atoms with van der Waals surface area (Å²) in [5.74, 6) is -0.701. The van der Waals surface area contributed by atoms with Crippen LogP contribution < -0.4 is 4.90 Å². The van der Waals surface area contributed by atoms with Gasteiger partial charge in [-0.05, 0) is 12.1 Å². The molecule has 3 aromatic rings. The zero-order chi connectivity index (χ0) is 23.8. The Morgan fingerprint density at radius 2 is 1.25 bits per heavy atom. The molecule has 0 fully saturated rings. The standard InChI is InChI=1S/C14H14N2.C6H3N3O7/c1-16(13-10-6-3-7-11-13)14(15)12-8-4-2-5-9-12;10-6-4(8(13)14)1-3(7(11)12)2-5(6)9(15)16/h2-11,15H,1H3;1-2,10H. The first-order valence-electron chi connectivity index (χ1n) is 8.86. The van der Waals surface area contributed by atoms with Gasteiger partial charge in [0.15, 0.2) is 0 Å². The largest absolute Gasteiger partial charge is 0.497 e. The van der Waals surface area contributed by atoms with Crippen LogP contribution in [0.3, 0.4) is 0 Å². The van der Waals surface area contributed by atoms with E-state index in [0.29, 0.717) is 18.0 Å². The van der Waals surface area contributed by atoms with Crippen LogP contribution in [0.2, 0.25) is 0 Å². The molecule has 0 radical (unpaired) electrons. The van der Waals surface area contributed by atoms with Gasteiger partial charge >= 0.3 is 11.4 Å². The fourth-order valence-corrected chi connectivity index (χ4v) is 2.54. The summed E-state index contributed by atoms with van der Waals surface area (Å²) in [5.41, 5.74) is -1.05. The number of para-hydroxylation sites is 1. The highest BCUT2D eigenvalue weighted by atomic mass is 16.6. The molecular formula is C20H17N5O7. The third-order valence-electron chi connectivity index (χ3n) is 4.18. The monoisotopic (exact) mass is 439 g/mol. The summed E-state index contributed by atoms with van der Waals surface area (Å²) < 4.78 is 0. The van der Waals surface area contributed by atoms with Crippen molar-refractivity contribution in [2.24, 2.45) is 0 Å². The van der Waals surface area contributed by atoms with Crippen molar-refractivity contribution in [3.05, 3.63) is 109 Å². The Labute approximate surface area is 180 Å². The number of benzene rings is 3. The average Bonchev–Trinajstić information content (AvgIpc) is 2.79. The lowest BCUT2D eigenvalue weighted by Crippen LogP contribution is -2.25. The van der Waals surface area contributed by atoms with Gasteiger partial charge in [-0.25, -0.2) is 0 Å². The lowest BCUT2D eigenvalue weighted by Gasteiger charge is -2.20. The number of nitrogens with one attached hydrogen (secondary N) is 1. The number of nitrogens with zero attached hydrogens (tertiary/aromatic N) is 4. The molecule has 3 rings (SSSR count). The summed E-state index contributed by atoms with van der Waals surface area (Å²) in [6.45, 7) is 0. The van der Waals surface area contributed by atoms with E-state index >= 15 is 0 Å². The second-order valence-electron chi connectivity index (χ2n) is 6.21. The average molecular weight is 439 g/mol. The molecule has 0 aliphatic carbocycles. The number of non-ortho nitro benzene ring substituents is 1. The molecule has 0 aliphatic rings. The van der Waals surface area contributed by atoms with E-state index in [1.807, 2.05) is 72.6 Å². The minimum Gasteiger partial charge on any atom is -0.497 e. The molecule has 0 spiro atoms. The number of aromatic hydroxyl groups is 1. The fraction of sp³-hybridized carbons (Fsp3) is 0.0500. The molecular weight excluding hydrogens is 422 g/mol. The Morgan fingerprint density at radius 1 is 0.812 bits per heavy atom. The molecule has 0 atom stereocenters. The fourth-order valence-electron chi connectivity index (χ4n) is 2.54. The summed E-state index contributed by atoms with van der Waals surface area (Å²) in [6, 6.07) is 20.6. The van der Waals surface area contributed by atoms with E-state index in [0.717, 1.165) is 11.3 Å². The molecule has 164 valence electrons. The maximum Gasteiger partial charge on any atom is 0.324 e. The Morgan fingerprint density at radius 3 is 1.66 bits per heavy atom. The van der Waals surface area contributed by atoms with Crippen LogP contribution in [0.4, 0.5) is 22.7 Å². The van der Waals surface area contributed by atoms with Gasteiger partial charge < -0.3 is 10.0 Å². The van der Waals surface area contributed by atoms with E-state index in [-0.39, 0.29) is 0 Å². The van der Waals surface area contributed by atoms with Crippen LogP contribution in [0.15, 0.2) is 72.8 Å². The number of hydrogen-bond donors (Lipinski definition) is 2. The molecule has 0 saturated heterocycles. The molecule has 0 saturated carbocycles. The molecule has 0 heterocycles. The zero-order valence-corrected chi connectivity index (χ0v) is 16.6. The van der Waals surface area contributed by atoms with Crippen molar-refractivity contribution in [1.29, 1.82) is 5.41 Å². The smallest absolute Gasteiger partial charge is 0.324 e. The Hall–Kier alpha value is -4.87. The summed E-state index contributed by atoms with van der Waals surface area (Å²) in [6.07, 6.45) is 0. The first-order chi connectivity index (χ1) is 15.1. The molecule has 0 unspecified atom stereocenters. The van der Waals surface area contributed by atoms with Crippen molar-refractivity contribution in [2.45, 2.75) is 0 Å². The zero-order valence-electron chi connectivity index (χ0n) is 16.6. The number of rotatable bonds is 5. The molecule has 2 N–H and O–H groups in total. The van der Waals surface area contributed by atoms with Gasteiger partial charge in [-0.3, -0.25) is 35.8 Å². The van der Waals surface area contributed by atoms with Crippen molar-refractivity contribution < 1.29 is 19.9 Å². The number of anilines is 1. The predicted octanol–water partition coefficient (Wildman–Crippen LogP) is 4.27. The van der Waals surface area contributed by atoms with E-state index in [1.54, 1.807) is 0 Å². The molecule has 0 aliphatic heterocycles. The van der Waals surface area contributed by atoms with Crippen molar-refractivity contribution in [3.63, 3.8) is 0 Å². The summed E-state index contributed by atoms with van der Waals surface area (Å²) in [7, 11) is 1.91. The van der Waals surface area contributed by atoms with E-state index in [1.165, 1.54) is 0 Å². The SMILES string of the molecule is CN(C(=N)c1ccccc1)c1ccccc1.O=[N+]([O-])c1cc([N+](=O)[O-])c(O)c([N+](=O)[O-])c1. The van der Waals surface area contributed by atoms with Gasteiger partial charge in [-0.15, -0.1) is 0 Å². The van der Waals surface area contributed by atoms with Crippen LogP contribution in [-0.2, 0) is 0 Å². The van der Waals surface area contributed by atoms with E-state index in [9.17, 15) is 30.3 Å². The van der Waals surface area contributed by atoms with Gasteiger partial charge in [0.2, 0.25) is 0 Å². The van der Waals surface area contributed by atoms with Crippen LogP contribution in [0.5, 0.6) is 5.75 Å². The second kappa shape index (κ2) is 10.2. The van der Waals surface area contributed by atoms with Gasteiger partial charge in [-0.2, -0.15) is 0 Å². The number of phenolic OH excluding ortho intramolecular Hbond substituents is 1. The van der Waals surface area contributed by atoms with Crippen LogP contribution >= 0.6 is 0 Å².